The second-order valence-corrected chi connectivity index (χ2v) is 5.05. The Bertz CT molecular complexity index is 186. The molecule has 0 bridgehead atoms. The standard InChI is InChI=1S/C13H28O5/c1-10(15)2-3-11(16)4-5-12(17)6-7-13(18)8-9-14/h10-18H,2-9H2,1H3. The zero-order valence-electron chi connectivity index (χ0n) is 11.2. The fourth-order valence-corrected chi connectivity index (χ4v) is 1.79. The van der Waals surface area contributed by atoms with Gasteiger partial charge in [0.1, 0.15) is 0 Å². The molecule has 0 aromatic carbocycles. The molecule has 0 aliphatic carbocycles. The number of hydrogen-bond donors (Lipinski definition) is 5. The maximum Gasteiger partial charge on any atom is 0.0563 e. The van der Waals surface area contributed by atoms with Gasteiger partial charge in [-0.2, -0.15) is 0 Å². The monoisotopic (exact) mass is 264 g/mol. The SMILES string of the molecule is CC(O)CCC(O)CCC(O)CCC(O)CCO. The molecule has 0 rings (SSSR count). The van der Waals surface area contributed by atoms with Crippen LogP contribution in [0.1, 0.15) is 51.9 Å². The van der Waals surface area contributed by atoms with Gasteiger partial charge in [0.25, 0.3) is 0 Å². The van der Waals surface area contributed by atoms with Crippen LogP contribution in [0.4, 0.5) is 0 Å². The summed E-state index contributed by atoms with van der Waals surface area (Å²) in [5.41, 5.74) is 0. The highest BCUT2D eigenvalue weighted by Crippen LogP contribution is 2.13. The Balaban J connectivity index is 3.54. The first-order valence-corrected chi connectivity index (χ1v) is 6.78. The van der Waals surface area contributed by atoms with Crippen LogP contribution in [0.25, 0.3) is 0 Å². The summed E-state index contributed by atoms with van der Waals surface area (Å²) in [5.74, 6) is 0. The fraction of sp³-hybridized carbons (Fsp3) is 1.00. The Morgan fingerprint density at radius 3 is 1.28 bits per heavy atom. The van der Waals surface area contributed by atoms with Gasteiger partial charge in [-0.1, -0.05) is 0 Å². The molecule has 5 nitrogen and oxygen atoms in total. The zero-order chi connectivity index (χ0) is 14.0. The van der Waals surface area contributed by atoms with Crippen molar-refractivity contribution in [2.75, 3.05) is 6.61 Å². The van der Waals surface area contributed by atoms with Crippen molar-refractivity contribution < 1.29 is 25.5 Å². The van der Waals surface area contributed by atoms with E-state index < -0.39 is 24.4 Å². The van der Waals surface area contributed by atoms with Crippen LogP contribution in [-0.2, 0) is 0 Å². The van der Waals surface area contributed by atoms with Gasteiger partial charge in [0, 0.05) is 6.61 Å². The molecule has 0 amide bonds. The Morgan fingerprint density at radius 1 is 0.611 bits per heavy atom. The van der Waals surface area contributed by atoms with Crippen LogP contribution in [0.15, 0.2) is 0 Å². The molecule has 4 atom stereocenters. The third kappa shape index (κ3) is 10.9. The first-order chi connectivity index (χ1) is 8.45. The van der Waals surface area contributed by atoms with E-state index in [1.54, 1.807) is 6.92 Å². The van der Waals surface area contributed by atoms with E-state index in [4.69, 9.17) is 10.2 Å². The third-order valence-corrected chi connectivity index (χ3v) is 3.05. The highest BCUT2D eigenvalue weighted by molar-refractivity contribution is 4.65. The molecule has 0 aromatic rings. The minimum atomic E-state index is -0.565. The number of aliphatic hydroxyl groups is 5. The van der Waals surface area contributed by atoms with Gasteiger partial charge in [-0.3, -0.25) is 0 Å². The molecular weight excluding hydrogens is 236 g/mol. The third-order valence-electron chi connectivity index (χ3n) is 3.05. The summed E-state index contributed by atoms with van der Waals surface area (Å²) in [6.07, 6.45) is 1.39. The Kier molecular flexibility index (Phi) is 10.6. The molecule has 0 fully saturated rings. The molecule has 5 heteroatoms. The van der Waals surface area contributed by atoms with E-state index in [9.17, 15) is 15.3 Å². The van der Waals surface area contributed by atoms with Gasteiger partial charge in [-0.05, 0) is 51.9 Å². The number of rotatable bonds is 11. The van der Waals surface area contributed by atoms with Crippen LogP contribution >= 0.6 is 0 Å². The maximum absolute atomic E-state index is 9.66. The first-order valence-electron chi connectivity index (χ1n) is 6.78. The summed E-state index contributed by atoms with van der Waals surface area (Å²) in [6, 6.07) is 0. The van der Waals surface area contributed by atoms with Crippen LogP contribution < -0.4 is 0 Å². The van der Waals surface area contributed by atoms with E-state index in [2.05, 4.69) is 0 Å². The van der Waals surface area contributed by atoms with E-state index in [1.807, 2.05) is 0 Å². The molecule has 110 valence electrons. The molecule has 0 heterocycles. The summed E-state index contributed by atoms with van der Waals surface area (Å²) >= 11 is 0. The van der Waals surface area contributed by atoms with Gasteiger partial charge < -0.3 is 25.5 Å². The van der Waals surface area contributed by atoms with Gasteiger partial charge in [-0.15, -0.1) is 0 Å². The van der Waals surface area contributed by atoms with Crippen molar-refractivity contribution in [3.63, 3.8) is 0 Å². The highest BCUT2D eigenvalue weighted by atomic mass is 16.3. The second-order valence-electron chi connectivity index (χ2n) is 5.05. The second kappa shape index (κ2) is 10.7. The Hall–Kier alpha value is -0.200. The van der Waals surface area contributed by atoms with Crippen molar-refractivity contribution in [1.29, 1.82) is 0 Å². The lowest BCUT2D eigenvalue weighted by Crippen LogP contribution is -2.17. The molecule has 0 spiro atoms. The lowest BCUT2D eigenvalue weighted by atomic mass is 10.0. The molecule has 0 aromatic heterocycles. The van der Waals surface area contributed by atoms with Crippen LogP contribution in [-0.4, -0.2) is 56.6 Å². The quantitative estimate of drug-likeness (QED) is 0.366. The molecule has 0 aliphatic rings. The Morgan fingerprint density at radius 2 is 0.944 bits per heavy atom. The van der Waals surface area contributed by atoms with Crippen LogP contribution in [0, 0.1) is 0 Å². The lowest BCUT2D eigenvalue weighted by molar-refractivity contribution is 0.0722. The van der Waals surface area contributed by atoms with Gasteiger partial charge in [0.15, 0.2) is 0 Å². The predicted molar refractivity (Wildman–Crippen MR) is 69.1 cm³/mol. The average Bonchev–Trinajstić information content (AvgIpc) is 2.31. The number of hydrogen-bond acceptors (Lipinski definition) is 5. The average molecular weight is 264 g/mol. The summed E-state index contributed by atoms with van der Waals surface area (Å²) in [6.45, 7) is 1.64. The summed E-state index contributed by atoms with van der Waals surface area (Å²) in [7, 11) is 0. The molecule has 0 aliphatic heterocycles. The predicted octanol–water partition coefficient (Wildman–Crippen LogP) is 0.173. The van der Waals surface area contributed by atoms with E-state index in [-0.39, 0.29) is 6.61 Å². The smallest absolute Gasteiger partial charge is 0.0563 e. The van der Waals surface area contributed by atoms with E-state index in [0.717, 1.165) is 0 Å². The van der Waals surface area contributed by atoms with Gasteiger partial charge in [0.05, 0.1) is 24.4 Å². The van der Waals surface area contributed by atoms with Crippen LogP contribution in [0.2, 0.25) is 0 Å². The zero-order valence-corrected chi connectivity index (χ0v) is 11.2. The van der Waals surface area contributed by atoms with Crippen molar-refractivity contribution in [2.45, 2.75) is 76.3 Å². The number of aliphatic hydroxyl groups excluding tert-OH is 5. The van der Waals surface area contributed by atoms with Crippen molar-refractivity contribution >= 4 is 0 Å². The summed E-state index contributed by atoms with van der Waals surface area (Å²) < 4.78 is 0. The van der Waals surface area contributed by atoms with Gasteiger partial charge in [-0.25, -0.2) is 0 Å². The normalized spacial score (nSPS) is 18.3. The molecular formula is C13H28O5. The maximum atomic E-state index is 9.66. The van der Waals surface area contributed by atoms with Crippen LogP contribution in [0.5, 0.6) is 0 Å². The van der Waals surface area contributed by atoms with Crippen molar-refractivity contribution in [3.05, 3.63) is 0 Å². The minimum Gasteiger partial charge on any atom is -0.396 e. The Labute approximate surface area is 109 Å². The molecule has 0 radical (unpaired) electrons. The molecule has 18 heavy (non-hydrogen) atoms. The molecule has 0 saturated heterocycles. The van der Waals surface area contributed by atoms with Gasteiger partial charge in [0.2, 0.25) is 0 Å². The summed E-state index contributed by atoms with van der Waals surface area (Å²) in [4.78, 5) is 0. The van der Waals surface area contributed by atoms with E-state index in [0.29, 0.717) is 44.9 Å². The highest BCUT2D eigenvalue weighted by Gasteiger charge is 2.12. The fourth-order valence-electron chi connectivity index (χ4n) is 1.79. The topological polar surface area (TPSA) is 101 Å². The minimum absolute atomic E-state index is 0.0463. The van der Waals surface area contributed by atoms with Crippen molar-refractivity contribution in [2.24, 2.45) is 0 Å². The lowest BCUT2D eigenvalue weighted by Gasteiger charge is -2.16. The van der Waals surface area contributed by atoms with Crippen molar-refractivity contribution in [3.8, 4) is 0 Å². The molecule has 0 saturated carbocycles. The summed E-state index contributed by atoms with van der Waals surface area (Å²) in [5, 5.41) is 46.3. The van der Waals surface area contributed by atoms with Crippen molar-refractivity contribution in [1.82, 2.24) is 0 Å². The van der Waals surface area contributed by atoms with Crippen LogP contribution in [0.3, 0.4) is 0 Å². The molecule has 4 unspecified atom stereocenters. The van der Waals surface area contributed by atoms with Gasteiger partial charge >= 0.3 is 0 Å². The first kappa shape index (κ1) is 17.8. The molecule has 5 N–H and O–H groups in total. The largest absolute Gasteiger partial charge is 0.396 e. The van der Waals surface area contributed by atoms with E-state index >= 15 is 0 Å². The van der Waals surface area contributed by atoms with E-state index in [1.165, 1.54) is 0 Å².